The average Bonchev–Trinajstić information content (AvgIpc) is 3.17. The monoisotopic (exact) mass is 488 g/mol. The highest BCUT2D eigenvalue weighted by Crippen LogP contribution is 2.28. The fraction of sp³-hybridized carbons (Fsp3) is 0.375. The van der Waals surface area contributed by atoms with E-state index in [-0.39, 0.29) is 17.8 Å². The number of carbonyl (C=O) groups is 1. The molecule has 0 bridgehead atoms. The van der Waals surface area contributed by atoms with Crippen LogP contribution in [0.5, 0.6) is 11.5 Å². The number of aryl methyl sites for hydroxylation is 1. The maximum Gasteiger partial charge on any atom is 0.234 e. The molecule has 9 heteroatoms. The SMILES string of the molecule is COc1cccc(OC(C)c2nnc(SCC(=O)Nc3cc(Cl)ccc3C)n2CC(C)C)c1. The zero-order valence-electron chi connectivity index (χ0n) is 19.5. The fourth-order valence-corrected chi connectivity index (χ4v) is 4.15. The van der Waals surface area contributed by atoms with Gasteiger partial charge in [0.05, 0.1) is 12.9 Å². The van der Waals surface area contributed by atoms with Crippen LogP contribution < -0.4 is 14.8 Å². The van der Waals surface area contributed by atoms with Gasteiger partial charge in [0.2, 0.25) is 5.91 Å². The first-order valence-corrected chi connectivity index (χ1v) is 12.1. The number of halogens is 1. The minimum atomic E-state index is -0.333. The van der Waals surface area contributed by atoms with Crippen LogP contribution in [0, 0.1) is 12.8 Å². The summed E-state index contributed by atoms with van der Waals surface area (Å²) in [7, 11) is 1.62. The average molecular weight is 489 g/mol. The number of benzene rings is 2. The number of carbonyl (C=O) groups excluding carboxylic acids is 1. The fourth-order valence-electron chi connectivity index (χ4n) is 3.22. The van der Waals surface area contributed by atoms with E-state index in [0.717, 1.165) is 11.3 Å². The molecule has 0 aliphatic heterocycles. The molecule has 0 aliphatic carbocycles. The number of amides is 1. The van der Waals surface area contributed by atoms with Crippen LogP contribution in [0.3, 0.4) is 0 Å². The second-order valence-corrected chi connectivity index (χ2v) is 9.46. The van der Waals surface area contributed by atoms with Gasteiger partial charge in [0.15, 0.2) is 17.1 Å². The molecule has 1 aromatic heterocycles. The molecule has 0 spiro atoms. The summed E-state index contributed by atoms with van der Waals surface area (Å²) in [4.78, 5) is 12.6. The number of methoxy groups -OCH3 is 1. The molecule has 176 valence electrons. The number of anilines is 1. The predicted molar refractivity (Wildman–Crippen MR) is 132 cm³/mol. The van der Waals surface area contributed by atoms with Gasteiger partial charge in [0, 0.05) is 23.3 Å². The standard InChI is InChI=1S/C24H29ClN4O3S/c1-15(2)13-29-23(17(4)32-20-8-6-7-19(12-20)31-5)27-28-24(29)33-14-22(30)26-21-11-18(25)10-9-16(21)3/h6-12,15,17H,13-14H2,1-5H3,(H,26,30). The number of nitrogens with zero attached hydrogens (tertiary/aromatic N) is 3. The largest absolute Gasteiger partial charge is 0.497 e. The molecule has 3 aromatic rings. The number of hydrogen-bond donors (Lipinski definition) is 1. The van der Waals surface area contributed by atoms with Crippen molar-refractivity contribution in [3.63, 3.8) is 0 Å². The molecular formula is C24H29ClN4O3S. The van der Waals surface area contributed by atoms with E-state index in [4.69, 9.17) is 21.1 Å². The molecule has 33 heavy (non-hydrogen) atoms. The second-order valence-electron chi connectivity index (χ2n) is 8.08. The van der Waals surface area contributed by atoms with Gasteiger partial charge < -0.3 is 19.4 Å². The van der Waals surface area contributed by atoms with E-state index in [9.17, 15) is 4.79 Å². The molecule has 2 aromatic carbocycles. The number of rotatable bonds is 10. The number of nitrogens with one attached hydrogen (secondary N) is 1. The van der Waals surface area contributed by atoms with Crippen LogP contribution in [0.2, 0.25) is 5.02 Å². The Morgan fingerprint density at radius 3 is 2.64 bits per heavy atom. The molecule has 1 heterocycles. The summed E-state index contributed by atoms with van der Waals surface area (Å²) in [6.45, 7) is 8.82. The molecule has 3 rings (SSSR count). The number of hydrogen-bond acceptors (Lipinski definition) is 6. The van der Waals surface area contributed by atoms with Crippen LogP contribution in [0.25, 0.3) is 0 Å². The van der Waals surface area contributed by atoms with Gasteiger partial charge in [0.1, 0.15) is 11.5 Å². The van der Waals surface area contributed by atoms with Crippen molar-refractivity contribution in [2.24, 2.45) is 5.92 Å². The summed E-state index contributed by atoms with van der Waals surface area (Å²) in [5.41, 5.74) is 1.66. The molecule has 1 amide bonds. The van der Waals surface area contributed by atoms with Crippen LogP contribution in [0.4, 0.5) is 5.69 Å². The highest BCUT2D eigenvalue weighted by Gasteiger charge is 2.21. The van der Waals surface area contributed by atoms with Gasteiger partial charge in [-0.1, -0.05) is 49.3 Å². The Balaban J connectivity index is 1.71. The quantitative estimate of drug-likeness (QED) is 0.365. The topological polar surface area (TPSA) is 78.3 Å². The van der Waals surface area contributed by atoms with Crippen molar-refractivity contribution in [1.82, 2.24) is 14.8 Å². The van der Waals surface area contributed by atoms with Gasteiger partial charge >= 0.3 is 0 Å². The first-order valence-electron chi connectivity index (χ1n) is 10.7. The van der Waals surface area contributed by atoms with Crippen molar-refractivity contribution < 1.29 is 14.3 Å². The molecule has 1 N–H and O–H groups in total. The number of thioether (sulfide) groups is 1. The van der Waals surface area contributed by atoms with Crippen LogP contribution >= 0.6 is 23.4 Å². The lowest BCUT2D eigenvalue weighted by molar-refractivity contribution is -0.113. The van der Waals surface area contributed by atoms with Crippen molar-refractivity contribution in [3.05, 3.63) is 58.9 Å². The first-order chi connectivity index (χ1) is 15.8. The summed E-state index contributed by atoms with van der Waals surface area (Å²) in [5, 5.41) is 12.9. The number of ether oxygens (including phenoxy) is 2. The van der Waals surface area contributed by atoms with Crippen LogP contribution in [0.1, 0.15) is 38.3 Å². The van der Waals surface area contributed by atoms with E-state index in [1.54, 1.807) is 19.2 Å². The van der Waals surface area contributed by atoms with Crippen LogP contribution in [-0.2, 0) is 11.3 Å². The second kappa shape index (κ2) is 11.4. The maximum atomic E-state index is 12.6. The van der Waals surface area contributed by atoms with Gasteiger partial charge in [-0.15, -0.1) is 10.2 Å². The predicted octanol–water partition coefficient (Wildman–Crippen LogP) is 5.78. The highest BCUT2D eigenvalue weighted by atomic mass is 35.5. The third-order valence-electron chi connectivity index (χ3n) is 4.82. The third kappa shape index (κ3) is 6.88. The summed E-state index contributed by atoms with van der Waals surface area (Å²) >= 11 is 7.40. The Bertz CT molecular complexity index is 1100. The van der Waals surface area contributed by atoms with Crippen LogP contribution in [-0.4, -0.2) is 33.5 Å². The van der Waals surface area contributed by atoms with Gasteiger partial charge in [0.25, 0.3) is 0 Å². The van der Waals surface area contributed by atoms with Gasteiger partial charge in [-0.25, -0.2) is 0 Å². The van der Waals surface area contributed by atoms with Gasteiger partial charge in [-0.05, 0) is 49.6 Å². The lowest BCUT2D eigenvalue weighted by Crippen LogP contribution is -2.17. The molecule has 0 saturated carbocycles. The maximum absolute atomic E-state index is 12.6. The lowest BCUT2D eigenvalue weighted by atomic mass is 10.2. The van der Waals surface area contributed by atoms with Gasteiger partial charge in [-0.3, -0.25) is 4.79 Å². The molecule has 7 nitrogen and oxygen atoms in total. The van der Waals surface area contributed by atoms with E-state index in [1.165, 1.54) is 11.8 Å². The van der Waals surface area contributed by atoms with E-state index in [1.807, 2.05) is 48.7 Å². The lowest BCUT2D eigenvalue weighted by Gasteiger charge is -2.18. The van der Waals surface area contributed by atoms with Crippen molar-refractivity contribution in [2.45, 2.75) is 45.5 Å². The van der Waals surface area contributed by atoms with Crippen LogP contribution in [0.15, 0.2) is 47.6 Å². The normalized spacial score (nSPS) is 12.0. The molecule has 1 unspecified atom stereocenters. The summed E-state index contributed by atoms with van der Waals surface area (Å²) in [5.74, 6) is 2.55. The van der Waals surface area contributed by atoms with Crippen molar-refractivity contribution in [3.8, 4) is 11.5 Å². The number of aromatic nitrogens is 3. The summed E-state index contributed by atoms with van der Waals surface area (Å²) in [6.07, 6.45) is -0.333. The van der Waals surface area contributed by atoms with E-state index < -0.39 is 0 Å². The Hall–Kier alpha value is -2.71. The molecule has 0 fully saturated rings. The van der Waals surface area contributed by atoms with Crippen molar-refractivity contribution in [2.75, 3.05) is 18.2 Å². The minimum Gasteiger partial charge on any atom is -0.497 e. The molecule has 0 radical (unpaired) electrons. The summed E-state index contributed by atoms with van der Waals surface area (Å²) < 4.78 is 13.4. The Labute approximate surface area is 203 Å². The Kier molecular flexibility index (Phi) is 8.63. The van der Waals surface area contributed by atoms with Crippen molar-refractivity contribution >= 4 is 35.0 Å². The summed E-state index contributed by atoms with van der Waals surface area (Å²) in [6, 6.07) is 12.9. The Morgan fingerprint density at radius 1 is 1.15 bits per heavy atom. The first kappa shape index (κ1) is 24.9. The smallest absolute Gasteiger partial charge is 0.234 e. The molecular weight excluding hydrogens is 460 g/mol. The molecule has 1 atom stereocenters. The minimum absolute atomic E-state index is 0.133. The van der Waals surface area contributed by atoms with E-state index >= 15 is 0 Å². The van der Waals surface area contributed by atoms with Gasteiger partial charge in [-0.2, -0.15) is 0 Å². The zero-order valence-corrected chi connectivity index (χ0v) is 21.0. The highest BCUT2D eigenvalue weighted by molar-refractivity contribution is 7.99. The molecule has 0 saturated heterocycles. The zero-order chi connectivity index (χ0) is 24.0. The molecule has 0 aliphatic rings. The Morgan fingerprint density at radius 2 is 1.91 bits per heavy atom. The van der Waals surface area contributed by atoms with Crippen molar-refractivity contribution in [1.29, 1.82) is 0 Å². The van der Waals surface area contributed by atoms with E-state index in [2.05, 4.69) is 29.4 Å². The van der Waals surface area contributed by atoms with E-state index in [0.29, 0.717) is 39.9 Å². The third-order valence-corrected chi connectivity index (χ3v) is 6.02.